The molecule has 1 aromatic rings. The maximum absolute atomic E-state index is 11.3. The van der Waals surface area contributed by atoms with Crippen molar-refractivity contribution in [1.29, 1.82) is 0 Å². The van der Waals surface area contributed by atoms with Gasteiger partial charge in [0.25, 0.3) is 0 Å². The Bertz CT molecular complexity index is 448. The van der Waals surface area contributed by atoms with E-state index in [9.17, 15) is 4.79 Å². The quantitative estimate of drug-likeness (QED) is 0.759. The van der Waals surface area contributed by atoms with Crippen LogP contribution < -0.4 is 9.64 Å². The van der Waals surface area contributed by atoms with Crippen molar-refractivity contribution < 1.29 is 14.3 Å². The third-order valence-electron chi connectivity index (χ3n) is 3.09. The van der Waals surface area contributed by atoms with Gasteiger partial charge in [-0.25, -0.2) is 4.98 Å². The van der Waals surface area contributed by atoms with E-state index in [2.05, 4.69) is 16.8 Å². The summed E-state index contributed by atoms with van der Waals surface area (Å²) in [6, 6.07) is 3.85. The molecule has 0 saturated carbocycles. The van der Waals surface area contributed by atoms with Gasteiger partial charge in [-0.05, 0) is 26.0 Å². The van der Waals surface area contributed by atoms with Crippen molar-refractivity contribution in [3.05, 3.63) is 17.8 Å². The van der Waals surface area contributed by atoms with Gasteiger partial charge in [0.2, 0.25) is 0 Å². The van der Waals surface area contributed by atoms with Crippen molar-refractivity contribution in [3.63, 3.8) is 0 Å². The summed E-state index contributed by atoms with van der Waals surface area (Å²) in [7, 11) is 0. The van der Waals surface area contributed by atoms with Crippen LogP contribution in [0.1, 0.15) is 26.0 Å². The zero-order valence-corrected chi connectivity index (χ0v) is 11.5. The zero-order valence-electron chi connectivity index (χ0n) is 11.5. The van der Waals surface area contributed by atoms with Crippen LogP contribution in [0.25, 0.3) is 0 Å². The number of hydrogen-bond donors (Lipinski definition) is 0. The molecule has 0 N–H and O–H groups in total. The number of fused-ring (bicyclic) bond motifs is 1. The van der Waals surface area contributed by atoms with Crippen LogP contribution >= 0.6 is 0 Å². The van der Waals surface area contributed by atoms with Gasteiger partial charge in [0.05, 0.1) is 19.6 Å². The van der Waals surface area contributed by atoms with Gasteiger partial charge in [-0.15, -0.1) is 0 Å². The highest BCUT2D eigenvalue weighted by Crippen LogP contribution is 2.29. The summed E-state index contributed by atoms with van der Waals surface area (Å²) < 4.78 is 10.5. The first-order valence-electron chi connectivity index (χ1n) is 6.78. The number of esters is 1. The van der Waals surface area contributed by atoms with Gasteiger partial charge in [0.1, 0.15) is 6.61 Å². The van der Waals surface area contributed by atoms with Crippen molar-refractivity contribution in [2.75, 3.05) is 31.2 Å². The molecule has 1 aromatic heterocycles. The fraction of sp³-hybridized carbons (Fsp3) is 0.571. The maximum atomic E-state index is 11.3. The van der Waals surface area contributed by atoms with Gasteiger partial charge in [-0.2, -0.15) is 0 Å². The van der Waals surface area contributed by atoms with E-state index in [1.807, 2.05) is 19.1 Å². The molecule has 0 atom stereocenters. The normalized spacial score (nSPS) is 13.7. The average molecular weight is 264 g/mol. The van der Waals surface area contributed by atoms with Gasteiger partial charge in [0, 0.05) is 18.7 Å². The van der Waals surface area contributed by atoms with E-state index in [-0.39, 0.29) is 5.97 Å². The molecule has 0 radical (unpaired) electrons. The molecule has 0 amide bonds. The number of aromatic nitrogens is 1. The molecule has 0 unspecified atom stereocenters. The average Bonchev–Trinajstić information content (AvgIpc) is 2.44. The molecule has 2 rings (SSSR count). The van der Waals surface area contributed by atoms with Crippen LogP contribution in [0.5, 0.6) is 5.75 Å². The van der Waals surface area contributed by atoms with Crippen molar-refractivity contribution >= 4 is 11.8 Å². The van der Waals surface area contributed by atoms with Crippen LogP contribution in [0, 0.1) is 0 Å². The number of carbonyl (C=O) groups excluding carboxylic acids is 1. The minimum absolute atomic E-state index is 0.175. The van der Waals surface area contributed by atoms with Crippen LogP contribution in [0.3, 0.4) is 0 Å². The SMILES string of the molecule is CCOC(=O)CCc1ccc2c(n1)N(CC)CCO2. The van der Waals surface area contributed by atoms with E-state index >= 15 is 0 Å². The summed E-state index contributed by atoms with van der Waals surface area (Å²) in [5, 5.41) is 0. The Morgan fingerprint density at radius 2 is 2.32 bits per heavy atom. The Kier molecular flexibility index (Phi) is 4.60. The summed E-state index contributed by atoms with van der Waals surface area (Å²) >= 11 is 0. The Hall–Kier alpha value is -1.78. The van der Waals surface area contributed by atoms with Gasteiger partial charge >= 0.3 is 5.97 Å². The molecule has 1 aliphatic rings. The number of nitrogens with zero attached hydrogens (tertiary/aromatic N) is 2. The smallest absolute Gasteiger partial charge is 0.306 e. The summed E-state index contributed by atoms with van der Waals surface area (Å²) in [6.07, 6.45) is 0.969. The first kappa shape index (κ1) is 13.6. The lowest BCUT2D eigenvalue weighted by molar-refractivity contribution is -0.143. The van der Waals surface area contributed by atoms with Crippen molar-refractivity contribution in [2.24, 2.45) is 0 Å². The molecular weight excluding hydrogens is 244 g/mol. The van der Waals surface area contributed by atoms with E-state index in [0.717, 1.165) is 30.4 Å². The molecule has 0 spiro atoms. The predicted octanol–water partition coefficient (Wildman–Crippen LogP) is 1.80. The molecule has 0 aromatic carbocycles. The number of ether oxygens (including phenoxy) is 2. The third-order valence-corrected chi connectivity index (χ3v) is 3.09. The lowest BCUT2D eigenvalue weighted by atomic mass is 10.2. The van der Waals surface area contributed by atoms with Gasteiger partial charge in [0.15, 0.2) is 11.6 Å². The number of rotatable bonds is 5. The van der Waals surface area contributed by atoms with Crippen LogP contribution in [-0.2, 0) is 16.0 Å². The minimum Gasteiger partial charge on any atom is -0.488 e. The second-order valence-electron chi connectivity index (χ2n) is 4.36. The van der Waals surface area contributed by atoms with Crippen molar-refractivity contribution in [2.45, 2.75) is 26.7 Å². The van der Waals surface area contributed by atoms with E-state index in [4.69, 9.17) is 9.47 Å². The lowest BCUT2D eigenvalue weighted by Crippen LogP contribution is -2.33. The summed E-state index contributed by atoms with van der Waals surface area (Å²) in [6.45, 7) is 6.80. The second-order valence-corrected chi connectivity index (χ2v) is 4.36. The Balaban J connectivity index is 2.05. The molecule has 5 heteroatoms. The zero-order chi connectivity index (χ0) is 13.7. The molecule has 2 heterocycles. The highest BCUT2D eigenvalue weighted by Gasteiger charge is 2.18. The summed E-state index contributed by atoms with van der Waals surface area (Å²) in [5.41, 5.74) is 0.899. The monoisotopic (exact) mass is 264 g/mol. The molecule has 0 aliphatic carbocycles. The van der Waals surface area contributed by atoms with E-state index < -0.39 is 0 Å². The number of anilines is 1. The summed E-state index contributed by atoms with van der Waals surface area (Å²) in [5.74, 6) is 1.54. The highest BCUT2D eigenvalue weighted by molar-refractivity contribution is 5.69. The molecule has 19 heavy (non-hydrogen) atoms. The van der Waals surface area contributed by atoms with Crippen molar-refractivity contribution in [3.8, 4) is 5.75 Å². The number of aryl methyl sites for hydroxylation is 1. The van der Waals surface area contributed by atoms with E-state index in [1.165, 1.54) is 0 Å². The van der Waals surface area contributed by atoms with Crippen LogP contribution in [0.15, 0.2) is 12.1 Å². The molecule has 0 bridgehead atoms. The highest BCUT2D eigenvalue weighted by atomic mass is 16.5. The van der Waals surface area contributed by atoms with E-state index in [0.29, 0.717) is 26.1 Å². The van der Waals surface area contributed by atoms with E-state index in [1.54, 1.807) is 0 Å². The van der Waals surface area contributed by atoms with Crippen molar-refractivity contribution in [1.82, 2.24) is 4.98 Å². The van der Waals surface area contributed by atoms with Crippen LogP contribution in [-0.4, -0.2) is 37.3 Å². The molecule has 0 fully saturated rings. The fourth-order valence-electron chi connectivity index (χ4n) is 2.10. The first-order chi connectivity index (χ1) is 9.24. The number of pyridine rings is 1. The first-order valence-corrected chi connectivity index (χ1v) is 6.78. The standard InChI is InChI=1S/C14H20N2O3/c1-3-16-9-10-19-12-7-5-11(15-14(12)16)6-8-13(17)18-4-2/h5,7H,3-4,6,8-10H2,1-2H3. The number of hydrogen-bond acceptors (Lipinski definition) is 5. The third kappa shape index (κ3) is 3.36. The largest absolute Gasteiger partial charge is 0.488 e. The molecule has 1 aliphatic heterocycles. The number of likely N-dealkylation sites (N-methyl/N-ethyl adjacent to an activating group) is 1. The van der Waals surface area contributed by atoms with Gasteiger partial charge in [-0.1, -0.05) is 0 Å². The molecule has 0 saturated heterocycles. The molecule has 5 nitrogen and oxygen atoms in total. The lowest BCUT2D eigenvalue weighted by Gasteiger charge is -2.29. The minimum atomic E-state index is -0.175. The summed E-state index contributed by atoms with van der Waals surface area (Å²) in [4.78, 5) is 18.1. The Morgan fingerprint density at radius 3 is 3.05 bits per heavy atom. The van der Waals surface area contributed by atoms with Gasteiger partial charge < -0.3 is 14.4 Å². The predicted molar refractivity (Wildman–Crippen MR) is 72.6 cm³/mol. The Morgan fingerprint density at radius 1 is 1.47 bits per heavy atom. The fourth-order valence-corrected chi connectivity index (χ4v) is 2.10. The Labute approximate surface area is 113 Å². The number of carbonyl (C=O) groups is 1. The van der Waals surface area contributed by atoms with Crippen LogP contribution in [0.2, 0.25) is 0 Å². The topological polar surface area (TPSA) is 51.7 Å². The van der Waals surface area contributed by atoms with Gasteiger partial charge in [-0.3, -0.25) is 4.79 Å². The maximum Gasteiger partial charge on any atom is 0.306 e. The second kappa shape index (κ2) is 6.41. The van der Waals surface area contributed by atoms with Crippen LogP contribution in [0.4, 0.5) is 5.82 Å². The molecule has 104 valence electrons. The molecular formula is C14H20N2O3.